The zero-order valence-corrected chi connectivity index (χ0v) is 9.98. The van der Waals surface area contributed by atoms with Crippen LogP contribution in [0.15, 0.2) is 12.1 Å². The van der Waals surface area contributed by atoms with E-state index in [1.807, 2.05) is 0 Å². The van der Waals surface area contributed by atoms with Crippen LogP contribution in [0.3, 0.4) is 0 Å². The van der Waals surface area contributed by atoms with Crippen molar-refractivity contribution in [3.8, 4) is 5.75 Å². The van der Waals surface area contributed by atoms with E-state index in [4.69, 9.17) is 5.73 Å². The third-order valence-corrected chi connectivity index (χ3v) is 2.60. The number of phenols is 1. The third-order valence-electron chi connectivity index (χ3n) is 2.60. The van der Waals surface area contributed by atoms with Crippen molar-refractivity contribution in [1.82, 2.24) is 15.2 Å². The summed E-state index contributed by atoms with van der Waals surface area (Å²) in [5.41, 5.74) is 7.16. The van der Waals surface area contributed by atoms with Crippen LogP contribution in [0.4, 0.5) is 11.6 Å². The van der Waals surface area contributed by atoms with Gasteiger partial charge < -0.3 is 16.2 Å². The van der Waals surface area contributed by atoms with Crippen molar-refractivity contribution >= 4 is 17.5 Å². The first kappa shape index (κ1) is 11.9. The van der Waals surface area contributed by atoms with Crippen LogP contribution in [-0.2, 0) is 0 Å². The summed E-state index contributed by atoms with van der Waals surface area (Å²) in [4.78, 5) is 15.5. The number of nitrogens with zero attached hydrogens (tertiary/aromatic N) is 2. The SMILES string of the molecule is Cc1ccc(NC(=O)c2nc(N)n[nH]2)c(C)c1O. The van der Waals surface area contributed by atoms with E-state index in [9.17, 15) is 9.90 Å². The van der Waals surface area contributed by atoms with E-state index < -0.39 is 5.91 Å². The first-order valence-corrected chi connectivity index (χ1v) is 5.27. The van der Waals surface area contributed by atoms with Crippen LogP contribution in [0, 0.1) is 13.8 Å². The van der Waals surface area contributed by atoms with Crippen LogP contribution in [-0.4, -0.2) is 26.2 Å². The molecule has 0 saturated carbocycles. The van der Waals surface area contributed by atoms with Gasteiger partial charge in [-0.3, -0.25) is 9.89 Å². The molecule has 0 fully saturated rings. The number of benzene rings is 1. The largest absolute Gasteiger partial charge is 0.507 e. The average Bonchev–Trinajstić information content (AvgIpc) is 2.77. The van der Waals surface area contributed by atoms with Gasteiger partial charge >= 0.3 is 0 Å². The molecule has 2 aromatic rings. The zero-order valence-electron chi connectivity index (χ0n) is 9.98. The Balaban J connectivity index is 2.25. The molecule has 1 amide bonds. The van der Waals surface area contributed by atoms with Crippen LogP contribution in [0.25, 0.3) is 0 Å². The number of hydrogen-bond acceptors (Lipinski definition) is 5. The molecule has 0 bridgehead atoms. The Kier molecular flexibility index (Phi) is 2.88. The van der Waals surface area contributed by atoms with E-state index in [2.05, 4.69) is 20.5 Å². The number of rotatable bonds is 2. The number of anilines is 2. The predicted molar refractivity (Wildman–Crippen MR) is 66.3 cm³/mol. The van der Waals surface area contributed by atoms with Gasteiger partial charge in [0.1, 0.15) is 5.75 Å². The van der Waals surface area contributed by atoms with Crippen LogP contribution < -0.4 is 11.1 Å². The molecule has 5 N–H and O–H groups in total. The van der Waals surface area contributed by atoms with Gasteiger partial charge in [-0.05, 0) is 25.5 Å². The maximum Gasteiger partial charge on any atom is 0.293 e. The topological polar surface area (TPSA) is 117 Å². The number of phenolic OH excluding ortho intramolecular Hbond substituents is 1. The Hall–Kier alpha value is -2.57. The number of H-pyrrole nitrogens is 1. The summed E-state index contributed by atoms with van der Waals surface area (Å²) in [6, 6.07) is 3.43. The minimum absolute atomic E-state index is 0.00336. The molecular weight excluding hydrogens is 234 g/mol. The van der Waals surface area contributed by atoms with Gasteiger partial charge in [-0.2, -0.15) is 4.98 Å². The van der Waals surface area contributed by atoms with Crippen molar-refractivity contribution in [3.05, 3.63) is 29.1 Å². The molecule has 7 heteroatoms. The maximum absolute atomic E-state index is 11.8. The smallest absolute Gasteiger partial charge is 0.293 e. The number of aromatic amines is 1. The fourth-order valence-corrected chi connectivity index (χ4v) is 1.53. The number of nitrogen functional groups attached to an aromatic ring is 1. The lowest BCUT2D eigenvalue weighted by Crippen LogP contribution is -2.14. The van der Waals surface area contributed by atoms with E-state index in [1.54, 1.807) is 26.0 Å². The van der Waals surface area contributed by atoms with Gasteiger partial charge in [-0.25, -0.2) is 0 Å². The Morgan fingerprint density at radius 1 is 1.44 bits per heavy atom. The summed E-state index contributed by atoms with van der Waals surface area (Å²) in [5.74, 6) is -0.286. The first-order valence-electron chi connectivity index (χ1n) is 5.27. The fraction of sp³-hybridized carbons (Fsp3) is 0.182. The fourth-order valence-electron chi connectivity index (χ4n) is 1.53. The Morgan fingerprint density at radius 3 is 2.78 bits per heavy atom. The monoisotopic (exact) mass is 247 g/mol. The number of amides is 1. The van der Waals surface area contributed by atoms with Gasteiger partial charge in [-0.15, -0.1) is 5.10 Å². The number of aromatic hydroxyl groups is 1. The summed E-state index contributed by atoms with van der Waals surface area (Å²) in [5, 5.41) is 18.4. The molecule has 0 aliphatic heterocycles. The second-order valence-electron chi connectivity index (χ2n) is 3.90. The quantitative estimate of drug-likeness (QED) is 0.630. The van der Waals surface area contributed by atoms with Gasteiger partial charge in [0.15, 0.2) is 0 Å². The van der Waals surface area contributed by atoms with Crippen molar-refractivity contribution in [3.63, 3.8) is 0 Å². The van der Waals surface area contributed by atoms with Crippen LogP contribution >= 0.6 is 0 Å². The van der Waals surface area contributed by atoms with Gasteiger partial charge in [0.25, 0.3) is 5.91 Å². The number of nitrogens with one attached hydrogen (secondary N) is 2. The highest BCUT2D eigenvalue weighted by Gasteiger charge is 2.13. The molecule has 18 heavy (non-hydrogen) atoms. The number of aryl methyl sites for hydroxylation is 1. The molecule has 2 rings (SSSR count). The summed E-state index contributed by atoms with van der Waals surface area (Å²) >= 11 is 0. The molecule has 1 heterocycles. The average molecular weight is 247 g/mol. The Morgan fingerprint density at radius 2 is 2.17 bits per heavy atom. The number of hydrogen-bond donors (Lipinski definition) is 4. The molecule has 1 aromatic heterocycles. The van der Waals surface area contributed by atoms with Gasteiger partial charge in [0.05, 0.1) is 0 Å². The molecule has 0 unspecified atom stereocenters. The molecule has 0 aliphatic carbocycles. The molecule has 94 valence electrons. The summed E-state index contributed by atoms with van der Waals surface area (Å²) in [7, 11) is 0. The standard InChI is InChI=1S/C11H13N5O2/c1-5-3-4-7(6(2)8(5)17)13-10(18)9-14-11(12)16-15-9/h3-4,17H,1-2H3,(H,13,18)(H3,12,14,15,16). The summed E-state index contributed by atoms with van der Waals surface area (Å²) in [6.45, 7) is 3.50. The third kappa shape index (κ3) is 2.10. The predicted octanol–water partition coefficient (Wildman–Crippen LogP) is 0.962. The second kappa shape index (κ2) is 4.36. The van der Waals surface area contributed by atoms with E-state index in [0.717, 1.165) is 5.56 Å². The van der Waals surface area contributed by atoms with Crippen molar-refractivity contribution < 1.29 is 9.90 Å². The van der Waals surface area contributed by atoms with E-state index in [1.165, 1.54) is 0 Å². The van der Waals surface area contributed by atoms with Gasteiger partial charge in [-0.1, -0.05) is 6.07 Å². The lowest BCUT2D eigenvalue weighted by atomic mass is 10.1. The number of carbonyl (C=O) groups excluding carboxylic acids is 1. The molecule has 1 aromatic carbocycles. The molecule has 7 nitrogen and oxygen atoms in total. The second-order valence-corrected chi connectivity index (χ2v) is 3.90. The molecule has 0 atom stereocenters. The van der Waals surface area contributed by atoms with Crippen LogP contribution in [0.5, 0.6) is 5.75 Å². The summed E-state index contributed by atoms with van der Waals surface area (Å²) < 4.78 is 0. The molecular formula is C11H13N5O2. The minimum Gasteiger partial charge on any atom is -0.507 e. The first-order chi connectivity index (χ1) is 8.49. The Bertz CT molecular complexity index is 605. The van der Waals surface area contributed by atoms with Gasteiger partial charge in [0, 0.05) is 11.3 Å². The highest BCUT2D eigenvalue weighted by Crippen LogP contribution is 2.28. The lowest BCUT2D eigenvalue weighted by molar-refractivity contribution is 0.101. The number of nitrogens with two attached hydrogens (primary N) is 1. The molecule has 0 aliphatic rings. The van der Waals surface area contributed by atoms with Gasteiger partial charge in [0.2, 0.25) is 11.8 Å². The molecule has 0 radical (unpaired) electrons. The normalized spacial score (nSPS) is 10.3. The van der Waals surface area contributed by atoms with Crippen molar-refractivity contribution in [2.75, 3.05) is 11.1 Å². The maximum atomic E-state index is 11.8. The zero-order chi connectivity index (χ0) is 13.3. The van der Waals surface area contributed by atoms with E-state index >= 15 is 0 Å². The molecule has 0 saturated heterocycles. The van der Waals surface area contributed by atoms with Crippen LogP contribution in [0.2, 0.25) is 0 Å². The van der Waals surface area contributed by atoms with E-state index in [0.29, 0.717) is 11.3 Å². The minimum atomic E-state index is -0.467. The van der Waals surface area contributed by atoms with Crippen molar-refractivity contribution in [2.45, 2.75) is 13.8 Å². The highest BCUT2D eigenvalue weighted by atomic mass is 16.3. The lowest BCUT2D eigenvalue weighted by Gasteiger charge is -2.10. The molecule has 0 spiro atoms. The van der Waals surface area contributed by atoms with Crippen molar-refractivity contribution in [1.29, 1.82) is 0 Å². The highest BCUT2D eigenvalue weighted by molar-refractivity contribution is 6.02. The van der Waals surface area contributed by atoms with Crippen LogP contribution in [0.1, 0.15) is 21.7 Å². The Labute approximate surface area is 103 Å². The number of aromatic nitrogens is 3. The van der Waals surface area contributed by atoms with Crippen molar-refractivity contribution in [2.24, 2.45) is 0 Å². The van der Waals surface area contributed by atoms with E-state index in [-0.39, 0.29) is 17.5 Å². The summed E-state index contributed by atoms with van der Waals surface area (Å²) in [6.07, 6.45) is 0. The number of carbonyl (C=O) groups is 1.